The van der Waals surface area contributed by atoms with Crippen LogP contribution in [0.15, 0.2) is 91.0 Å². The van der Waals surface area contributed by atoms with Gasteiger partial charge in [0.25, 0.3) is 0 Å². The lowest BCUT2D eigenvalue weighted by Crippen LogP contribution is -2.02. The second kappa shape index (κ2) is 8.33. The molecule has 0 saturated carbocycles. The monoisotopic (exact) mass is 373 g/mol. The van der Waals surface area contributed by atoms with E-state index in [1.165, 1.54) is 5.39 Å². The Hall–Kier alpha value is -4.03. The van der Waals surface area contributed by atoms with Crippen molar-refractivity contribution in [3.8, 4) is 35.1 Å². The Bertz CT molecular complexity index is 1260. The van der Waals surface area contributed by atoms with Crippen LogP contribution in [0.1, 0.15) is 12.7 Å². The van der Waals surface area contributed by atoms with Gasteiger partial charge in [-0.3, -0.25) is 0 Å². The van der Waals surface area contributed by atoms with E-state index in [1.807, 2.05) is 67.6 Å². The first-order valence-electron chi connectivity index (χ1n) is 9.38. The summed E-state index contributed by atoms with van der Waals surface area (Å²) in [4.78, 5) is 14.2. The summed E-state index contributed by atoms with van der Waals surface area (Å²) in [5.41, 5.74) is 2.74. The molecule has 1 heterocycles. The standard InChI is InChI=1S/C26H19N3/c1-3-5-11-19(4-2)24-27-25(21-13-7-6-8-14-21)29-26(28-24)23-17-16-20-12-9-10-15-22(20)18-23/h1,4-18H,2H3/b11-5-,19-4+. The van der Waals surface area contributed by atoms with Gasteiger partial charge in [-0.25, -0.2) is 15.0 Å². The molecule has 0 spiro atoms. The van der Waals surface area contributed by atoms with Crippen LogP contribution < -0.4 is 0 Å². The van der Waals surface area contributed by atoms with Crippen LogP contribution in [0.25, 0.3) is 39.1 Å². The molecule has 3 aromatic carbocycles. The molecule has 0 radical (unpaired) electrons. The summed E-state index contributed by atoms with van der Waals surface area (Å²) in [6.07, 6.45) is 10.8. The third-order valence-electron chi connectivity index (χ3n) is 4.60. The number of rotatable bonds is 4. The quantitative estimate of drug-likeness (QED) is 0.328. The molecule has 0 fully saturated rings. The predicted octanol–water partition coefficient (Wildman–Crippen LogP) is 5.95. The molecule has 0 atom stereocenters. The third kappa shape index (κ3) is 3.97. The van der Waals surface area contributed by atoms with Gasteiger partial charge in [0.2, 0.25) is 0 Å². The van der Waals surface area contributed by atoms with Crippen molar-refractivity contribution in [2.45, 2.75) is 6.92 Å². The van der Waals surface area contributed by atoms with Gasteiger partial charge in [-0.15, -0.1) is 6.42 Å². The van der Waals surface area contributed by atoms with Crippen LogP contribution in [-0.4, -0.2) is 15.0 Å². The highest BCUT2D eigenvalue weighted by Gasteiger charge is 2.12. The molecule has 0 aliphatic heterocycles. The van der Waals surface area contributed by atoms with Gasteiger partial charge in [0.1, 0.15) is 0 Å². The average molecular weight is 373 g/mol. The second-order valence-corrected chi connectivity index (χ2v) is 6.48. The predicted molar refractivity (Wildman–Crippen MR) is 120 cm³/mol. The number of aromatic nitrogens is 3. The Morgan fingerprint density at radius 3 is 2.21 bits per heavy atom. The highest BCUT2D eigenvalue weighted by Crippen LogP contribution is 2.26. The summed E-state index contributed by atoms with van der Waals surface area (Å²) in [6.45, 7) is 1.94. The van der Waals surface area contributed by atoms with Gasteiger partial charge in [-0.05, 0) is 35.9 Å². The number of nitrogens with zero attached hydrogens (tertiary/aromatic N) is 3. The Morgan fingerprint density at radius 1 is 0.793 bits per heavy atom. The van der Waals surface area contributed by atoms with Gasteiger partial charge in [0, 0.05) is 16.7 Å². The SMILES string of the molecule is C#C/C=C\C(=C/C)c1nc(-c2ccccc2)nc(-c2ccc3ccccc3c2)n1. The minimum atomic E-state index is 0.594. The number of hydrogen-bond donors (Lipinski definition) is 0. The van der Waals surface area contributed by atoms with E-state index in [1.54, 1.807) is 6.08 Å². The van der Waals surface area contributed by atoms with Crippen LogP contribution >= 0.6 is 0 Å². The molecule has 0 N–H and O–H groups in total. The highest BCUT2D eigenvalue weighted by molar-refractivity contribution is 5.86. The van der Waals surface area contributed by atoms with E-state index >= 15 is 0 Å². The topological polar surface area (TPSA) is 38.7 Å². The van der Waals surface area contributed by atoms with Crippen molar-refractivity contribution in [1.82, 2.24) is 15.0 Å². The molecule has 0 bridgehead atoms. The Labute approximate surface area is 170 Å². The minimum absolute atomic E-state index is 0.594. The van der Waals surface area contributed by atoms with E-state index in [4.69, 9.17) is 21.4 Å². The lowest BCUT2D eigenvalue weighted by atomic mass is 10.1. The van der Waals surface area contributed by atoms with E-state index in [2.05, 4.69) is 30.2 Å². The van der Waals surface area contributed by atoms with Crippen molar-refractivity contribution in [1.29, 1.82) is 0 Å². The molecule has 138 valence electrons. The fourth-order valence-electron chi connectivity index (χ4n) is 3.12. The number of fused-ring (bicyclic) bond motifs is 1. The molecule has 4 aromatic rings. The first-order chi connectivity index (χ1) is 14.3. The van der Waals surface area contributed by atoms with Crippen LogP contribution in [0.3, 0.4) is 0 Å². The first kappa shape index (κ1) is 18.3. The smallest absolute Gasteiger partial charge is 0.164 e. The summed E-state index contributed by atoms with van der Waals surface area (Å²) in [5, 5.41) is 2.33. The molecule has 3 nitrogen and oxygen atoms in total. The molecule has 0 saturated heterocycles. The molecule has 29 heavy (non-hydrogen) atoms. The molecule has 4 rings (SSSR count). The van der Waals surface area contributed by atoms with Crippen LogP contribution in [0.2, 0.25) is 0 Å². The van der Waals surface area contributed by atoms with Gasteiger partial charge >= 0.3 is 0 Å². The zero-order valence-corrected chi connectivity index (χ0v) is 16.1. The maximum absolute atomic E-state index is 5.39. The van der Waals surface area contributed by atoms with E-state index in [0.29, 0.717) is 17.5 Å². The summed E-state index contributed by atoms with van der Waals surface area (Å²) in [6, 6.07) is 24.4. The normalized spacial score (nSPS) is 11.7. The maximum atomic E-state index is 5.39. The van der Waals surface area contributed by atoms with E-state index in [9.17, 15) is 0 Å². The molecule has 0 aliphatic carbocycles. The van der Waals surface area contributed by atoms with Gasteiger partial charge < -0.3 is 0 Å². The Morgan fingerprint density at radius 2 is 1.48 bits per heavy atom. The highest BCUT2D eigenvalue weighted by atomic mass is 15.0. The van der Waals surface area contributed by atoms with Crippen LogP contribution in [0.5, 0.6) is 0 Å². The zero-order chi connectivity index (χ0) is 20.1. The second-order valence-electron chi connectivity index (χ2n) is 6.48. The van der Waals surface area contributed by atoms with Gasteiger partial charge in [0.05, 0.1) is 0 Å². The van der Waals surface area contributed by atoms with Gasteiger partial charge in [-0.2, -0.15) is 0 Å². The minimum Gasteiger partial charge on any atom is -0.208 e. The molecule has 0 aliphatic rings. The van der Waals surface area contributed by atoms with Crippen molar-refractivity contribution < 1.29 is 0 Å². The number of terminal acetylenes is 1. The van der Waals surface area contributed by atoms with Crippen molar-refractivity contribution in [3.05, 3.63) is 96.8 Å². The van der Waals surface area contributed by atoms with Gasteiger partial charge in [-0.1, -0.05) is 78.7 Å². The lowest BCUT2D eigenvalue weighted by Gasteiger charge is -2.09. The summed E-state index contributed by atoms with van der Waals surface area (Å²) in [7, 11) is 0. The number of hydrogen-bond acceptors (Lipinski definition) is 3. The lowest BCUT2D eigenvalue weighted by molar-refractivity contribution is 1.04. The molecular formula is C26H19N3. The maximum Gasteiger partial charge on any atom is 0.164 e. The summed E-state index contributed by atoms with van der Waals surface area (Å²) in [5.74, 6) is 4.38. The van der Waals surface area contributed by atoms with Crippen molar-refractivity contribution >= 4 is 16.3 Å². The van der Waals surface area contributed by atoms with Crippen LogP contribution in [0, 0.1) is 12.3 Å². The van der Waals surface area contributed by atoms with Crippen LogP contribution in [0.4, 0.5) is 0 Å². The molecule has 3 heteroatoms. The largest absolute Gasteiger partial charge is 0.208 e. The fourth-order valence-corrected chi connectivity index (χ4v) is 3.12. The first-order valence-corrected chi connectivity index (χ1v) is 9.38. The number of allylic oxidation sites excluding steroid dienone is 4. The fraction of sp³-hybridized carbons (Fsp3) is 0.0385. The molecule has 0 unspecified atom stereocenters. The van der Waals surface area contributed by atoms with Crippen molar-refractivity contribution in [2.75, 3.05) is 0 Å². The van der Waals surface area contributed by atoms with E-state index < -0.39 is 0 Å². The Kier molecular flexibility index (Phi) is 5.27. The third-order valence-corrected chi connectivity index (χ3v) is 4.60. The van der Waals surface area contributed by atoms with E-state index in [0.717, 1.165) is 22.1 Å². The summed E-state index contributed by atoms with van der Waals surface area (Å²) < 4.78 is 0. The average Bonchev–Trinajstić information content (AvgIpc) is 2.79. The van der Waals surface area contributed by atoms with Gasteiger partial charge in [0.15, 0.2) is 17.5 Å². The zero-order valence-electron chi connectivity index (χ0n) is 16.1. The van der Waals surface area contributed by atoms with Crippen LogP contribution in [-0.2, 0) is 0 Å². The molecule has 1 aromatic heterocycles. The molecule has 0 amide bonds. The van der Waals surface area contributed by atoms with Crippen molar-refractivity contribution in [2.24, 2.45) is 0 Å². The number of benzene rings is 3. The van der Waals surface area contributed by atoms with Crippen molar-refractivity contribution in [3.63, 3.8) is 0 Å². The summed E-state index contributed by atoms with van der Waals surface area (Å²) >= 11 is 0. The van der Waals surface area contributed by atoms with E-state index in [-0.39, 0.29) is 0 Å². The molecular weight excluding hydrogens is 354 g/mol. The Balaban J connectivity index is 1.91.